The van der Waals surface area contributed by atoms with Gasteiger partial charge in [-0.25, -0.2) is 4.68 Å². The number of piperazine rings is 1. The van der Waals surface area contributed by atoms with E-state index >= 15 is 0 Å². The smallest absolute Gasteiger partial charge is 0.269 e. The monoisotopic (exact) mass is 530 g/mol. The molecule has 1 aliphatic heterocycles. The van der Waals surface area contributed by atoms with Gasteiger partial charge in [-0.3, -0.25) is 19.8 Å². The van der Waals surface area contributed by atoms with Crippen molar-refractivity contribution in [2.45, 2.75) is 52.6 Å². The van der Waals surface area contributed by atoms with E-state index in [-0.39, 0.29) is 16.8 Å². The van der Waals surface area contributed by atoms with Crippen molar-refractivity contribution in [3.05, 3.63) is 85.4 Å². The van der Waals surface area contributed by atoms with Gasteiger partial charge in [0.15, 0.2) is 5.82 Å². The standard InChI is InChI=1S/C28H34N8O3/c1-6-28(4,5)35-26(30-31-32-35)25(23-17-20-16-18(2)15-19(3)24(20)29-27(23)37)34-13-11-33(12-14-34)21-7-9-22(10-8-21)36(38)39/h7-10,15-17,25H,6,11-14H2,1-5H3,(H,29,37)/t25-/m1/s1. The molecule has 1 aliphatic rings. The van der Waals surface area contributed by atoms with Gasteiger partial charge in [0.2, 0.25) is 0 Å². The summed E-state index contributed by atoms with van der Waals surface area (Å²) in [5.41, 5.74) is 4.12. The predicted molar refractivity (Wildman–Crippen MR) is 150 cm³/mol. The summed E-state index contributed by atoms with van der Waals surface area (Å²) in [6.07, 6.45) is 0.818. The molecule has 2 aromatic carbocycles. The molecule has 204 valence electrons. The number of nitro benzene ring substituents is 1. The number of nitrogens with zero attached hydrogens (tertiary/aromatic N) is 7. The number of H-pyrrole nitrogens is 1. The molecular formula is C28H34N8O3. The van der Waals surface area contributed by atoms with Crippen molar-refractivity contribution in [2.24, 2.45) is 0 Å². The summed E-state index contributed by atoms with van der Waals surface area (Å²) in [5, 5.41) is 24.9. The Morgan fingerprint density at radius 3 is 2.41 bits per heavy atom. The Labute approximate surface area is 226 Å². The van der Waals surface area contributed by atoms with Crippen molar-refractivity contribution in [2.75, 3.05) is 31.1 Å². The van der Waals surface area contributed by atoms with Crippen LogP contribution >= 0.6 is 0 Å². The van der Waals surface area contributed by atoms with Crippen molar-refractivity contribution in [3.8, 4) is 0 Å². The lowest BCUT2D eigenvalue weighted by atomic mass is 9.98. The molecule has 0 unspecified atom stereocenters. The quantitative estimate of drug-likeness (QED) is 0.280. The largest absolute Gasteiger partial charge is 0.369 e. The minimum atomic E-state index is -0.446. The van der Waals surface area contributed by atoms with Crippen molar-refractivity contribution < 1.29 is 4.92 Å². The molecule has 0 aliphatic carbocycles. The van der Waals surface area contributed by atoms with Gasteiger partial charge in [0, 0.05) is 49.6 Å². The minimum absolute atomic E-state index is 0.0730. The van der Waals surface area contributed by atoms with Crippen LogP contribution in [0.1, 0.15) is 55.7 Å². The van der Waals surface area contributed by atoms with Crippen molar-refractivity contribution in [1.29, 1.82) is 0 Å². The molecule has 11 heteroatoms. The number of non-ortho nitro benzene ring substituents is 1. The number of fused-ring (bicyclic) bond motifs is 1. The second-order valence-electron chi connectivity index (χ2n) is 10.9. The number of rotatable bonds is 7. The van der Waals surface area contributed by atoms with Gasteiger partial charge in [0.05, 0.1) is 16.0 Å². The number of aromatic nitrogens is 5. The lowest BCUT2D eigenvalue weighted by Gasteiger charge is -2.40. The highest BCUT2D eigenvalue weighted by molar-refractivity contribution is 5.83. The molecule has 0 amide bonds. The summed E-state index contributed by atoms with van der Waals surface area (Å²) in [4.78, 5) is 31.9. The molecule has 0 saturated carbocycles. The maximum Gasteiger partial charge on any atom is 0.269 e. The van der Waals surface area contributed by atoms with Crippen molar-refractivity contribution in [1.82, 2.24) is 30.1 Å². The number of anilines is 1. The fourth-order valence-electron chi connectivity index (χ4n) is 5.37. The Hall–Kier alpha value is -4.12. The van der Waals surface area contributed by atoms with Gasteiger partial charge in [-0.1, -0.05) is 18.6 Å². The second kappa shape index (κ2) is 10.2. The van der Waals surface area contributed by atoms with Crippen LogP contribution in [0.3, 0.4) is 0 Å². The van der Waals surface area contributed by atoms with Gasteiger partial charge in [-0.15, -0.1) is 5.10 Å². The molecule has 3 heterocycles. The molecular weight excluding hydrogens is 496 g/mol. The number of nitro groups is 1. The first-order valence-electron chi connectivity index (χ1n) is 13.3. The van der Waals surface area contributed by atoms with E-state index in [1.807, 2.05) is 17.7 Å². The fourth-order valence-corrected chi connectivity index (χ4v) is 5.37. The summed E-state index contributed by atoms with van der Waals surface area (Å²) < 4.78 is 1.85. The summed E-state index contributed by atoms with van der Waals surface area (Å²) in [6.45, 7) is 13.0. The van der Waals surface area contributed by atoms with E-state index in [0.717, 1.165) is 34.1 Å². The number of hydrogen-bond acceptors (Lipinski definition) is 8. The molecule has 1 N–H and O–H groups in total. The van der Waals surface area contributed by atoms with Gasteiger partial charge < -0.3 is 9.88 Å². The average Bonchev–Trinajstić information content (AvgIpc) is 3.41. The van der Waals surface area contributed by atoms with Crippen LogP contribution in [-0.4, -0.2) is 61.2 Å². The molecule has 4 aromatic rings. The van der Waals surface area contributed by atoms with Crippen LogP contribution in [0.25, 0.3) is 10.9 Å². The number of aryl methyl sites for hydroxylation is 2. The van der Waals surface area contributed by atoms with E-state index in [2.05, 4.69) is 70.1 Å². The van der Waals surface area contributed by atoms with Crippen LogP contribution in [0.15, 0.2) is 47.3 Å². The maximum absolute atomic E-state index is 13.6. The molecule has 39 heavy (non-hydrogen) atoms. The number of benzene rings is 2. The van der Waals surface area contributed by atoms with E-state index in [1.165, 1.54) is 12.1 Å². The molecule has 0 spiro atoms. The second-order valence-corrected chi connectivity index (χ2v) is 10.9. The third kappa shape index (κ3) is 5.01. The summed E-state index contributed by atoms with van der Waals surface area (Å²) in [6, 6.07) is 12.3. The van der Waals surface area contributed by atoms with Gasteiger partial charge >= 0.3 is 0 Å². The van der Waals surface area contributed by atoms with E-state index < -0.39 is 11.0 Å². The molecule has 5 rings (SSSR count). The average molecular weight is 531 g/mol. The minimum Gasteiger partial charge on any atom is -0.369 e. The topological polar surface area (TPSA) is 126 Å². The van der Waals surface area contributed by atoms with Gasteiger partial charge in [0.1, 0.15) is 6.04 Å². The van der Waals surface area contributed by atoms with E-state index in [4.69, 9.17) is 0 Å². The van der Waals surface area contributed by atoms with Gasteiger partial charge in [-0.2, -0.15) is 0 Å². The number of aromatic amines is 1. The lowest BCUT2D eigenvalue weighted by molar-refractivity contribution is -0.384. The number of tetrazole rings is 1. The maximum atomic E-state index is 13.6. The number of nitrogens with one attached hydrogen (secondary N) is 1. The molecule has 0 radical (unpaired) electrons. The third-order valence-electron chi connectivity index (χ3n) is 7.90. The van der Waals surface area contributed by atoms with Crippen molar-refractivity contribution in [3.63, 3.8) is 0 Å². The first-order chi connectivity index (χ1) is 18.6. The summed E-state index contributed by atoms with van der Waals surface area (Å²) >= 11 is 0. The van der Waals surface area contributed by atoms with Crippen LogP contribution in [-0.2, 0) is 5.54 Å². The molecule has 0 bridgehead atoms. The first kappa shape index (κ1) is 26.5. The first-order valence-corrected chi connectivity index (χ1v) is 13.3. The zero-order valence-corrected chi connectivity index (χ0v) is 23.0. The Morgan fingerprint density at radius 1 is 1.08 bits per heavy atom. The highest BCUT2D eigenvalue weighted by atomic mass is 16.6. The molecule has 1 atom stereocenters. The van der Waals surface area contributed by atoms with E-state index in [0.29, 0.717) is 37.6 Å². The van der Waals surface area contributed by atoms with Gasteiger partial charge in [-0.05, 0) is 79.8 Å². The highest BCUT2D eigenvalue weighted by Crippen LogP contribution is 2.32. The Balaban J connectivity index is 1.54. The zero-order valence-electron chi connectivity index (χ0n) is 23.0. The normalized spacial score (nSPS) is 15.6. The molecule has 1 saturated heterocycles. The number of hydrogen-bond donors (Lipinski definition) is 1. The molecule has 2 aromatic heterocycles. The predicted octanol–water partition coefficient (Wildman–Crippen LogP) is 4.10. The molecule has 1 fully saturated rings. The van der Waals surface area contributed by atoms with Crippen LogP contribution < -0.4 is 10.5 Å². The van der Waals surface area contributed by atoms with E-state index in [1.54, 1.807) is 12.1 Å². The third-order valence-corrected chi connectivity index (χ3v) is 7.90. The Bertz CT molecular complexity index is 1570. The van der Waals surface area contributed by atoms with Crippen LogP contribution in [0, 0.1) is 24.0 Å². The van der Waals surface area contributed by atoms with E-state index in [9.17, 15) is 14.9 Å². The Morgan fingerprint density at radius 2 is 1.77 bits per heavy atom. The fraction of sp³-hybridized carbons (Fsp3) is 0.429. The highest BCUT2D eigenvalue weighted by Gasteiger charge is 2.35. The summed E-state index contributed by atoms with van der Waals surface area (Å²) in [7, 11) is 0. The lowest BCUT2D eigenvalue weighted by Crippen LogP contribution is -2.49. The molecule has 11 nitrogen and oxygen atoms in total. The zero-order chi connectivity index (χ0) is 27.9. The number of pyridine rings is 1. The van der Waals surface area contributed by atoms with Crippen LogP contribution in [0.2, 0.25) is 0 Å². The van der Waals surface area contributed by atoms with Gasteiger partial charge in [0.25, 0.3) is 11.2 Å². The van der Waals surface area contributed by atoms with Crippen molar-refractivity contribution >= 4 is 22.3 Å². The summed E-state index contributed by atoms with van der Waals surface area (Å²) in [5.74, 6) is 0.639. The SMILES string of the molecule is CCC(C)(C)n1nnnc1[C@@H](c1cc2cc(C)cc(C)c2[nH]c1=O)N1CCN(c2ccc([N+](=O)[O-])cc2)CC1. The Kier molecular flexibility index (Phi) is 6.94. The van der Waals surface area contributed by atoms with Crippen LogP contribution in [0.4, 0.5) is 11.4 Å². The van der Waals surface area contributed by atoms with Crippen LogP contribution in [0.5, 0.6) is 0 Å².